The van der Waals surface area contributed by atoms with Crippen molar-refractivity contribution in [1.82, 2.24) is 10.6 Å². The Morgan fingerprint density at radius 3 is 2.46 bits per heavy atom. The summed E-state index contributed by atoms with van der Waals surface area (Å²) in [5.74, 6) is -1.31. The van der Waals surface area contributed by atoms with E-state index >= 15 is 0 Å². The van der Waals surface area contributed by atoms with Crippen LogP contribution in [0.3, 0.4) is 0 Å². The zero-order valence-electron chi connectivity index (χ0n) is 13.5. The van der Waals surface area contributed by atoms with E-state index < -0.39 is 12.1 Å². The van der Waals surface area contributed by atoms with E-state index in [1.165, 1.54) is 6.92 Å². The lowest BCUT2D eigenvalue weighted by Crippen LogP contribution is -2.42. The van der Waals surface area contributed by atoms with Gasteiger partial charge in [0.2, 0.25) is 0 Å². The first kappa shape index (κ1) is 18.4. The summed E-state index contributed by atoms with van der Waals surface area (Å²) in [6, 6.07) is 6.94. The van der Waals surface area contributed by atoms with E-state index in [-0.39, 0.29) is 24.4 Å². The van der Waals surface area contributed by atoms with E-state index in [9.17, 15) is 14.4 Å². The van der Waals surface area contributed by atoms with E-state index in [4.69, 9.17) is 4.74 Å². The van der Waals surface area contributed by atoms with Crippen molar-refractivity contribution in [2.75, 3.05) is 6.54 Å². The third kappa shape index (κ3) is 5.63. The van der Waals surface area contributed by atoms with Crippen molar-refractivity contribution in [3.05, 3.63) is 34.3 Å². The van der Waals surface area contributed by atoms with Gasteiger partial charge in [0.25, 0.3) is 11.8 Å². The Labute approximate surface area is 149 Å². The minimum absolute atomic E-state index is 0.177. The average molecular weight is 397 g/mol. The summed E-state index contributed by atoms with van der Waals surface area (Å²) in [5.41, 5.74) is 0.443. The number of amides is 2. The predicted molar refractivity (Wildman–Crippen MR) is 92.4 cm³/mol. The Hall–Kier alpha value is -1.89. The van der Waals surface area contributed by atoms with Gasteiger partial charge in [0.15, 0.2) is 6.10 Å². The van der Waals surface area contributed by atoms with Gasteiger partial charge in [-0.05, 0) is 44.0 Å². The number of carbonyl (C=O) groups is 3. The van der Waals surface area contributed by atoms with E-state index in [2.05, 4.69) is 26.6 Å². The largest absolute Gasteiger partial charge is 0.451 e. The molecule has 0 spiro atoms. The number of ether oxygens (including phenoxy) is 1. The van der Waals surface area contributed by atoms with Crippen LogP contribution in [-0.4, -0.2) is 36.5 Å². The normalized spacial score (nSPS) is 15.6. The minimum atomic E-state index is -0.873. The highest BCUT2D eigenvalue weighted by Crippen LogP contribution is 2.17. The molecule has 24 heavy (non-hydrogen) atoms. The van der Waals surface area contributed by atoms with Crippen molar-refractivity contribution in [1.29, 1.82) is 0 Å². The number of hydrogen-bond donors (Lipinski definition) is 2. The molecule has 0 aromatic heterocycles. The van der Waals surface area contributed by atoms with Crippen LogP contribution >= 0.6 is 15.9 Å². The molecule has 2 N–H and O–H groups in total. The van der Waals surface area contributed by atoms with Crippen LogP contribution < -0.4 is 10.6 Å². The maximum Gasteiger partial charge on any atom is 0.326 e. The van der Waals surface area contributed by atoms with Gasteiger partial charge in [-0.1, -0.05) is 28.8 Å². The molecule has 1 aromatic rings. The summed E-state index contributed by atoms with van der Waals surface area (Å²) in [6.07, 6.45) is 3.29. The number of rotatable bonds is 6. The maximum absolute atomic E-state index is 11.9. The molecule has 1 atom stereocenters. The van der Waals surface area contributed by atoms with Gasteiger partial charge in [-0.2, -0.15) is 0 Å². The first-order chi connectivity index (χ1) is 11.5. The second-order valence-corrected chi connectivity index (χ2v) is 6.73. The Bertz CT molecular complexity index is 597. The van der Waals surface area contributed by atoms with Crippen molar-refractivity contribution in [3.8, 4) is 0 Å². The second kappa shape index (κ2) is 8.82. The number of carbonyl (C=O) groups excluding carboxylic acids is 3. The summed E-state index contributed by atoms with van der Waals surface area (Å²) in [7, 11) is 0. The SMILES string of the molecule is C[C@H](OC(=O)CNC(=O)c1ccc(Br)cc1)C(=O)NC1CCCC1. The quantitative estimate of drug-likeness (QED) is 0.721. The second-order valence-electron chi connectivity index (χ2n) is 5.81. The summed E-state index contributed by atoms with van der Waals surface area (Å²) >= 11 is 3.28. The predicted octanol–water partition coefficient (Wildman–Crippen LogP) is 2.17. The molecule has 0 aliphatic heterocycles. The van der Waals surface area contributed by atoms with Crippen LogP contribution in [0.5, 0.6) is 0 Å². The molecule has 7 heteroatoms. The van der Waals surface area contributed by atoms with Crippen molar-refractivity contribution in [2.24, 2.45) is 0 Å². The zero-order chi connectivity index (χ0) is 17.5. The highest BCUT2D eigenvalue weighted by Gasteiger charge is 2.23. The highest BCUT2D eigenvalue weighted by atomic mass is 79.9. The number of nitrogens with one attached hydrogen (secondary N) is 2. The molecular weight excluding hydrogens is 376 g/mol. The molecule has 0 bridgehead atoms. The van der Waals surface area contributed by atoms with Gasteiger partial charge in [-0.15, -0.1) is 0 Å². The monoisotopic (exact) mass is 396 g/mol. The lowest BCUT2D eigenvalue weighted by Gasteiger charge is -2.17. The molecule has 6 nitrogen and oxygen atoms in total. The Morgan fingerprint density at radius 1 is 1.21 bits per heavy atom. The van der Waals surface area contributed by atoms with Crippen LogP contribution in [0.1, 0.15) is 43.0 Å². The summed E-state index contributed by atoms with van der Waals surface area (Å²) in [6.45, 7) is 1.24. The molecule has 0 unspecified atom stereocenters. The minimum Gasteiger partial charge on any atom is -0.451 e. The molecule has 1 aromatic carbocycles. The number of esters is 1. The molecule has 130 valence electrons. The fraction of sp³-hybridized carbons (Fsp3) is 0.471. The van der Waals surface area contributed by atoms with Gasteiger partial charge in [0.1, 0.15) is 6.54 Å². The smallest absolute Gasteiger partial charge is 0.326 e. The van der Waals surface area contributed by atoms with Crippen molar-refractivity contribution >= 4 is 33.7 Å². The van der Waals surface area contributed by atoms with Crippen molar-refractivity contribution in [3.63, 3.8) is 0 Å². The fourth-order valence-electron chi connectivity index (χ4n) is 2.54. The first-order valence-corrected chi connectivity index (χ1v) is 8.78. The molecule has 1 aliphatic carbocycles. The van der Waals surface area contributed by atoms with Gasteiger partial charge in [0.05, 0.1) is 0 Å². The Kier molecular flexibility index (Phi) is 6.78. The average Bonchev–Trinajstić information content (AvgIpc) is 3.06. The van der Waals surface area contributed by atoms with E-state index in [1.54, 1.807) is 24.3 Å². The van der Waals surface area contributed by atoms with Crippen LogP contribution in [-0.2, 0) is 14.3 Å². The molecule has 0 saturated heterocycles. The number of hydrogen-bond acceptors (Lipinski definition) is 4. The Morgan fingerprint density at radius 2 is 1.83 bits per heavy atom. The van der Waals surface area contributed by atoms with E-state index in [1.807, 2.05) is 0 Å². The van der Waals surface area contributed by atoms with Crippen LogP contribution in [0.4, 0.5) is 0 Å². The molecule has 2 rings (SSSR count). The molecule has 0 heterocycles. The lowest BCUT2D eigenvalue weighted by atomic mass is 10.2. The number of benzene rings is 1. The zero-order valence-corrected chi connectivity index (χ0v) is 15.1. The van der Waals surface area contributed by atoms with Crippen molar-refractivity contribution < 1.29 is 19.1 Å². The van der Waals surface area contributed by atoms with Crippen LogP contribution in [0, 0.1) is 0 Å². The standard InChI is InChI=1S/C17H21BrN2O4/c1-11(16(22)20-14-4-2-3-5-14)24-15(21)10-19-17(23)12-6-8-13(18)9-7-12/h6-9,11,14H,2-5,10H2,1H3,(H,19,23)(H,20,22)/t11-/m0/s1. The summed E-state index contributed by atoms with van der Waals surface area (Å²) in [4.78, 5) is 35.6. The molecule has 1 aliphatic rings. The Balaban J connectivity index is 1.72. The van der Waals surface area contributed by atoms with Gasteiger partial charge < -0.3 is 15.4 Å². The highest BCUT2D eigenvalue weighted by molar-refractivity contribution is 9.10. The van der Waals surface area contributed by atoms with Gasteiger partial charge in [-0.25, -0.2) is 0 Å². The van der Waals surface area contributed by atoms with Crippen LogP contribution in [0.25, 0.3) is 0 Å². The topological polar surface area (TPSA) is 84.5 Å². The van der Waals surface area contributed by atoms with E-state index in [0.717, 1.165) is 30.2 Å². The summed E-state index contributed by atoms with van der Waals surface area (Å²) < 4.78 is 5.92. The number of halogens is 1. The maximum atomic E-state index is 11.9. The van der Waals surface area contributed by atoms with Crippen LogP contribution in [0.2, 0.25) is 0 Å². The summed E-state index contributed by atoms with van der Waals surface area (Å²) in [5, 5.41) is 5.35. The molecule has 0 radical (unpaired) electrons. The molecular formula is C17H21BrN2O4. The molecule has 2 amide bonds. The third-order valence-corrected chi connectivity index (χ3v) is 4.41. The van der Waals surface area contributed by atoms with Crippen LogP contribution in [0.15, 0.2) is 28.7 Å². The fourth-order valence-corrected chi connectivity index (χ4v) is 2.80. The molecule has 1 fully saturated rings. The van der Waals surface area contributed by atoms with E-state index in [0.29, 0.717) is 5.56 Å². The lowest BCUT2D eigenvalue weighted by molar-refractivity contribution is -0.154. The van der Waals surface area contributed by atoms with Gasteiger partial charge in [0, 0.05) is 16.1 Å². The first-order valence-electron chi connectivity index (χ1n) is 7.99. The van der Waals surface area contributed by atoms with Crippen molar-refractivity contribution in [2.45, 2.75) is 44.8 Å². The third-order valence-electron chi connectivity index (χ3n) is 3.88. The van der Waals surface area contributed by atoms with Gasteiger partial charge >= 0.3 is 5.97 Å². The molecule has 1 saturated carbocycles. The van der Waals surface area contributed by atoms with Gasteiger partial charge in [-0.3, -0.25) is 14.4 Å².